The lowest BCUT2D eigenvalue weighted by Gasteiger charge is -2.21. The molecule has 1 aromatic carbocycles. The largest absolute Gasteiger partial charge is 0.395 e. The van der Waals surface area contributed by atoms with E-state index in [-0.39, 0.29) is 6.61 Å². The van der Waals surface area contributed by atoms with Crippen LogP contribution < -0.4 is 10.6 Å². The zero-order valence-electron chi connectivity index (χ0n) is 14.9. The fourth-order valence-electron chi connectivity index (χ4n) is 3.18. The van der Waals surface area contributed by atoms with Crippen LogP contribution in [0.4, 0.5) is 17.3 Å². The summed E-state index contributed by atoms with van der Waals surface area (Å²) in [6.07, 6.45) is 1.68. The van der Waals surface area contributed by atoms with Crippen LogP contribution in [0.2, 0.25) is 0 Å². The highest BCUT2D eigenvalue weighted by molar-refractivity contribution is 7.04. The van der Waals surface area contributed by atoms with E-state index < -0.39 is 5.41 Å². The topological polar surface area (TPSA) is 107 Å². The first-order chi connectivity index (χ1) is 13.0. The van der Waals surface area contributed by atoms with Gasteiger partial charge in [0.15, 0.2) is 0 Å². The second-order valence-corrected chi connectivity index (χ2v) is 7.46. The van der Waals surface area contributed by atoms with Crippen molar-refractivity contribution in [3.8, 4) is 17.3 Å². The molecule has 1 aliphatic rings. The van der Waals surface area contributed by atoms with Crippen molar-refractivity contribution < 1.29 is 5.11 Å². The van der Waals surface area contributed by atoms with E-state index in [4.69, 9.17) is 0 Å². The molecule has 2 aromatic heterocycles. The molecule has 0 spiro atoms. The minimum atomic E-state index is -0.426. The smallest absolute Gasteiger partial charge is 0.227 e. The molecule has 8 heteroatoms. The summed E-state index contributed by atoms with van der Waals surface area (Å²) >= 11 is 1.37. The minimum absolute atomic E-state index is 0.00232. The quantitative estimate of drug-likeness (QED) is 0.640. The molecule has 3 heterocycles. The van der Waals surface area contributed by atoms with Crippen LogP contribution in [-0.2, 0) is 5.41 Å². The average Bonchev–Trinajstić information content (AvgIpc) is 3.25. The van der Waals surface area contributed by atoms with E-state index in [1.165, 1.54) is 11.5 Å². The Morgan fingerprint density at radius 2 is 2.30 bits per heavy atom. The van der Waals surface area contributed by atoms with Gasteiger partial charge in [-0.15, -0.1) is 0 Å². The molecule has 0 unspecified atom stereocenters. The highest BCUT2D eigenvalue weighted by Gasteiger charge is 2.35. The molecular formula is C19H18N6OS. The maximum absolute atomic E-state index is 9.85. The number of hydrogen-bond acceptors (Lipinski definition) is 8. The lowest BCUT2D eigenvalue weighted by Crippen LogP contribution is -2.28. The normalized spacial score (nSPS) is 17.9. The van der Waals surface area contributed by atoms with Gasteiger partial charge in [0.1, 0.15) is 6.07 Å². The molecule has 0 fully saturated rings. The highest BCUT2D eigenvalue weighted by atomic mass is 32.1. The van der Waals surface area contributed by atoms with Gasteiger partial charge in [-0.05, 0) is 42.2 Å². The number of aryl methyl sites for hydroxylation is 1. The summed E-state index contributed by atoms with van der Waals surface area (Å²) in [5.41, 5.74) is 5.15. The van der Waals surface area contributed by atoms with Crippen LogP contribution >= 0.6 is 11.5 Å². The molecular weight excluding hydrogens is 360 g/mol. The van der Waals surface area contributed by atoms with Crippen molar-refractivity contribution in [1.82, 2.24) is 14.3 Å². The Bertz CT molecular complexity index is 1060. The summed E-state index contributed by atoms with van der Waals surface area (Å²) in [6.45, 7) is 4.50. The molecule has 0 radical (unpaired) electrons. The van der Waals surface area contributed by atoms with Crippen LogP contribution in [0.25, 0.3) is 11.3 Å². The molecule has 3 aromatic rings. The number of anilines is 3. The molecule has 3 N–H and O–H groups in total. The van der Waals surface area contributed by atoms with E-state index in [0.29, 0.717) is 23.8 Å². The average molecular weight is 378 g/mol. The number of aromatic nitrogens is 3. The Morgan fingerprint density at radius 3 is 3.00 bits per heavy atom. The van der Waals surface area contributed by atoms with Crippen molar-refractivity contribution >= 4 is 28.9 Å². The first kappa shape index (κ1) is 17.4. The van der Waals surface area contributed by atoms with Gasteiger partial charge in [-0.3, -0.25) is 0 Å². The number of rotatable bonds is 4. The number of hydrogen-bond donors (Lipinski definition) is 3. The van der Waals surface area contributed by atoms with E-state index in [9.17, 15) is 10.4 Å². The van der Waals surface area contributed by atoms with Crippen LogP contribution in [0.3, 0.4) is 0 Å². The Kier molecular flexibility index (Phi) is 4.26. The van der Waals surface area contributed by atoms with Gasteiger partial charge < -0.3 is 15.7 Å². The highest BCUT2D eigenvalue weighted by Crippen LogP contribution is 2.41. The monoisotopic (exact) mass is 378 g/mol. The van der Waals surface area contributed by atoms with Crippen LogP contribution in [-0.4, -0.2) is 32.6 Å². The van der Waals surface area contributed by atoms with Gasteiger partial charge in [0.2, 0.25) is 5.95 Å². The maximum Gasteiger partial charge on any atom is 0.227 e. The number of nitriles is 1. The lowest BCUT2D eigenvalue weighted by molar-refractivity contribution is 0.219. The van der Waals surface area contributed by atoms with Crippen molar-refractivity contribution in [1.29, 1.82) is 5.26 Å². The third-order valence-corrected chi connectivity index (χ3v) is 5.58. The number of aliphatic hydroxyl groups excluding tert-OH is 1. The summed E-state index contributed by atoms with van der Waals surface area (Å²) in [6, 6.07) is 7.87. The number of benzene rings is 1. The first-order valence-corrected chi connectivity index (χ1v) is 9.32. The maximum atomic E-state index is 9.85. The standard InChI is InChI=1S/C19H18N6OS/c1-11-16(8-27-25-11)24-18-21-4-3-15(23-18)12-5-13(7-20)17-14(6-12)19(2,10-26)9-22-17/h3-6,8,22,26H,9-10H2,1-2H3,(H,21,23,24)/t19-/m1/s1. The summed E-state index contributed by atoms with van der Waals surface area (Å²) in [7, 11) is 0. The summed E-state index contributed by atoms with van der Waals surface area (Å²) in [5.74, 6) is 0.470. The Balaban J connectivity index is 1.76. The molecule has 0 saturated heterocycles. The fraction of sp³-hybridized carbons (Fsp3) is 0.263. The summed E-state index contributed by atoms with van der Waals surface area (Å²) in [5, 5.41) is 27.8. The van der Waals surface area contributed by atoms with Gasteiger partial charge in [-0.25, -0.2) is 9.97 Å². The first-order valence-electron chi connectivity index (χ1n) is 8.49. The number of nitrogens with zero attached hydrogens (tertiary/aromatic N) is 4. The third-order valence-electron chi connectivity index (χ3n) is 4.86. The van der Waals surface area contributed by atoms with Crippen LogP contribution in [0.15, 0.2) is 29.8 Å². The molecule has 1 aliphatic heterocycles. The van der Waals surface area contributed by atoms with E-state index in [0.717, 1.165) is 28.2 Å². The lowest BCUT2D eigenvalue weighted by atomic mass is 9.83. The number of aliphatic hydroxyl groups is 1. The molecule has 1 atom stereocenters. The van der Waals surface area contributed by atoms with Gasteiger partial charge in [-0.1, -0.05) is 6.92 Å². The van der Waals surface area contributed by atoms with E-state index in [1.54, 1.807) is 6.20 Å². The third kappa shape index (κ3) is 3.01. The molecule has 7 nitrogen and oxygen atoms in total. The van der Waals surface area contributed by atoms with E-state index in [2.05, 4.69) is 31.0 Å². The van der Waals surface area contributed by atoms with Crippen molar-refractivity contribution in [2.24, 2.45) is 0 Å². The van der Waals surface area contributed by atoms with Crippen molar-refractivity contribution in [2.45, 2.75) is 19.3 Å². The second-order valence-electron chi connectivity index (χ2n) is 6.83. The predicted octanol–water partition coefficient (Wildman–Crippen LogP) is 3.20. The second kappa shape index (κ2) is 6.61. The molecule has 27 heavy (non-hydrogen) atoms. The van der Waals surface area contributed by atoms with E-state index >= 15 is 0 Å². The van der Waals surface area contributed by atoms with Crippen molar-refractivity contribution in [3.63, 3.8) is 0 Å². The fourth-order valence-corrected chi connectivity index (χ4v) is 3.82. The predicted molar refractivity (Wildman–Crippen MR) is 105 cm³/mol. The zero-order valence-corrected chi connectivity index (χ0v) is 15.8. The van der Waals surface area contributed by atoms with Crippen LogP contribution in [0.1, 0.15) is 23.7 Å². The van der Waals surface area contributed by atoms with Crippen LogP contribution in [0.5, 0.6) is 0 Å². The SMILES string of the molecule is Cc1nscc1Nc1nccc(-c2cc(C#N)c3c(c2)[C@@](C)(CO)CN3)n1. The molecule has 0 bridgehead atoms. The summed E-state index contributed by atoms with van der Waals surface area (Å²) in [4.78, 5) is 8.87. The van der Waals surface area contributed by atoms with Gasteiger partial charge in [0, 0.05) is 29.1 Å². The van der Waals surface area contributed by atoms with Crippen molar-refractivity contribution in [3.05, 3.63) is 46.6 Å². The number of fused-ring (bicyclic) bond motifs is 1. The Morgan fingerprint density at radius 1 is 1.44 bits per heavy atom. The molecule has 0 aliphatic carbocycles. The van der Waals surface area contributed by atoms with E-state index in [1.807, 2.05) is 37.4 Å². The minimum Gasteiger partial charge on any atom is -0.395 e. The Hall–Kier alpha value is -3.02. The molecule has 4 rings (SSSR count). The van der Waals surface area contributed by atoms with Gasteiger partial charge in [0.25, 0.3) is 0 Å². The number of nitrogens with one attached hydrogen (secondary N) is 2. The summed E-state index contributed by atoms with van der Waals surface area (Å²) < 4.78 is 4.24. The Labute approximate surface area is 160 Å². The van der Waals surface area contributed by atoms with Gasteiger partial charge in [-0.2, -0.15) is 9.64 Å². The zero-order chi connectivity index (χ0) is 19.0. The molecule has 0 amide bonds. The van der Waals surface area contributed by atoms with Gasteiger partial charge in [0.05, 0.1) is 34.9 Å². The molecule has 136 valence electrons. The van der Waals surface area contributed by atoms with Crippen LogP contribution in [0, 0.1) is 18.3 Å². The molecule has 0 saturated carbocycles. The van der Waals surface area contributed by atoms with Crippen molar-refractivity contribution in [2.75, 3.05) is 23.8 Å². The van der Waals surface area contributed by atoms with Gasteiger partial charge >= 0.3 is 0 Å².